The maximum absolute atomic E-state index is 12.7. The van der Waals surface area contributed by atoms with E-state index in [1.807, 2.05) is 6.92 Å². The number of anilines is 1. The Balaban J connectivity index is 2.03. The van der Waals surface area contributed by atoms with Crippen molar-refractivity contribution >= 4 is 35.1 Å². The van der Waals surface area contributed by atoms with Gasteiger partial charge in [0.25, 0.3) is 5.76 Å². The molecule has 0 aliphatic rings. The zero-order valence-electron chi connectivity index (χ0n) is 16.0. The van der Waals surface area contributed by atoms with E-state index in [0.717, 1.165) is 6.42 Å². The molecule has 1 amide bonds. The number of ether oxygens (including phenoxy) is 1. The summed E-state index contributed by atoms with van der Waals surface area (Å²) in [5.41, 5.74) is 0.836. The van der Waals surface area contributed by atoms with Gasteiger partial charge in [-0.3, -0.25) is 9.59 Å². The van der Waals surface area contributed by atoms with E-state index in [4.69, 9.17) is 4.74 Å². The number of rotatable bonds is 9. The lowest BCUT2D eigenvalue weighted by atomic mass is 10.1. The van der Waals surface area contributed by atoms with Gasteiger partial charge in [0.2, 0.25) is 11.7 Å². The normalized spacial score (nSPS) is 11.8. The quantitative estimate of drug-likeness (QED) is 0.344. The molecule has 2 aromatic carbocycles. The number of carbonyl (C=O) groups excluding carboxylic acids is 3. The molecular weight excluding hydrogens is 400 g/mol. The van der Waals surface area contributed by atoms with Crippen LogP contribution in [0.1, 0.15) is 47.4 Å². The number of hydrogen-bond acceptors (Lipinski definition) is 5. The Morgan fingerprint density at radius 2 is 1.72 bits per heavy atom. The minimum Gasteiger partial charge on any atom is -0.451 e. The summed E-state index contributed by atoms with van der Waals surface area (Å²) in [6, 6.07) is 12.1. The maximum Gasteiger partial charge on any atom is 0.339 e. The molecule has 0 spiro atoms. The van der Waals surface area contributed by atoms with Crippen LogP contribution >= 0.6 is 11.8 Å². The summed E-state index contributed by atoms with van der Waals surface area (Å²) in [4.78, 5) is 36.6. The Labute approximate surface area is 171 Å². The number of halogens is 2. The lowest BCUT2D eigenvalue weighted by Crippen LogP contribution is -2.24. The van der Waals surface area contributed by atoms with Crippen LogP contribution in [0.25, 0.3) is 0 Å². The monoisotopic (exact) mass is 421 g/mol. The molecule has 29 heavy (non-hydrogen) atoms. The van der Waals surface area contributed by atoms with Gasteiger partial charge < -0.3 is 10.1 Å². The molecule has 2 rings (SSSR count). The Morgan fingerprint density at radius 3 is 2.34 bits per heavy atom. The van der Waals surface area contributed by atoms with Gasteiger partial charge in [-0.15, -0.1) is 0 Å². The lowest BCUT2D eigenvalue weighted by Gasteiger charge is -2.14. The number of hydrogen-bond donors (Lipinski definition) is 1. The summed E-state index contributed by atoms with van der Waals surface area (Å²) < 4.78 is 30.5. The van der Waals surface area contributed by atoms with Gasteiger partial charge in [0, 0.05) is 22.6 Å². The first-order chi connectivity index (χ1) is 13.8. The zero-order valence-corrected chi connectivity index (χ0v) is 16.8. The van der Waals surface area contributed by atoms with Crippen molar-refractivity contribution in [2.24, 2.45) is 0 Å². The standard InChI is InChI=1S/C21H21F2NO4S/c1-3-6-18(25)24-15-11-9-14(10-12-15)19(26)13(2)28-20(27)16-7-4-5-8-17(16)29-21(22)23/h4-5,7-13,21H,3,6H2,1-2H3,(H,24,25). The Morgan fingerprint density at radius 1 is 1.07 bits per heavy atom. The zero-order chi connectivity index (χ0) is 21.4. The molecule has 0 heterocycles. The molecule has 0 aromatic heterocycles. The van der Waals surface area contributed by atoms with Crippen LogP contribution in [0.3, 0.4) is 0 Å². The van der Waals surface area contributed by atoms with Crippen molar-refractivity contribution < 1.29 is 27.9 Å². The minimum absolute atomic E-state index is 0.0218. The second-order valence-electron chi connectivity index (χ2n) is 6.16. The first-order valence-electron chi connectivity index (χ1n) is 9.00. The number of amides is 1. The molecule has 0 fully saturated rings. The topological polar surface area (TPSA) is 72.5 Å². The molecular formula is C21H21F2NO4S. The molecule has 2 aromatic rings. The van der Waals surface area contributed by atoms with Gasteiger partial charge in [-0.25, -0.2) is 4.79 Å². The van der Waals surface area contributed by atoms with Crippen LogP contribution in [0.2, 0.25) is 0 Å². The average Bonchev–Trinajstić information content (AvgIpc) is 2.68. The third kappa shape index (κ3) is 6.67. The van der Waals surface area contributed by atoms with Crippen molar-refractivity contribution in [1.29, 1.82) is 0 Å². The van der Waals surface area contributed by atoms with Crippen molar-refractivity contribution in [2.75, 3.05) is 5.32 Å². The van der Waals surface area contributed by atoms with E-state index in [1.165, 1.54) is 43.3 Å². The third-order valence-corrected chi connectivity index (χ3v) is 4.69. The fourth-order valence-electron chi connectivity index (χ4n) is 2.51. The van der Waals surface area contributed by atoms with Gasteiger partial charge >= 0.3 is 5.97 Å². The summed E-state index contributed by atoms with van der Waals surface area (Å²) in [7, 11) is 0. The van der Waals surface area contributed by atoms with Gasteiger partial charge in [0.1, 0.15) is 0 Å². The summed E-state index contributed by atoms with van der Waals surface area (Å²) in [5.74, 6) is -4.09. The molecule has 0 saturated heterocycles. The third-order valence-electron chi connectivity index (χ3n) is 3.91. The minimum atomic E-state index is -2.68. The first-order valence-corrected chi connectivity index (χ1v) is 9.88. The fraction of sp³-hybridized carbons (Fsp3) is 0.286. The molecule has 0 saturated carbocycles. The summed E-state index contributed by atoms with van der Waals surface area (Å²) in [6.45, 7) is 3.31. The Kier molecular flexibility index (Phi) is 8.33. The van der Waals surface area contributed by atoms with E-state index >= 15 is 0 Å². The highest BCUT2D eigenvalue weighted by atomic mass is 32.2. The highest BCUT2D eigenvalue weighted by Gasteiger charge is 2.23. The molecule has 0 aliphatic heterocycles. The molecule has 1 N–H and O–H groups in total. The van der Waals surface area contributed by atoms with E-state index in [2.05, 4.69) is 5.32 Å². The number of nitrogens with one attached hydrogen (secondary N) is 1. The number of ketones is 1. The van der Waals surface area contributed by atoms with Gasteiger partial charge in [0.15, 0.2) is 6.10 Å². The van der Waals surface area contributed by atoms with Crippen molar-refractivity contribution in [2.45, 2.75) is 43.4 Å². The molecule has 8 heteroatoms. The van der Waals surface area contributed by atoms with E-state index in [9.17, 15) is 23.2 Å². The maximum atomic E-state index is 12.7. The van der Waals surface area contributed by atoms with E-state index < -0.39 is 23.6 Å². The van der Waals surface area contributed by atoms with E-state index in [0.29, 0.717) is 17.7 Å². The molecule has 1 unspecified atom stereocenters. The van der Waals surface area contributed by atoms with Crippen LogP contribution in [0.5, 0.6) is 0 Å². The highest BCUT2D eigenvalue weighted by molar-refractivity contribution is 7.99. The number of carbonyl (C=O) groups is 3. The second-order valence-corrected chi connectivity index (χ2v) is 7.19. The molecule has 0 bridgehead atoms. The molecule has 0 radical (unpaired) electrons. The lowest BCUT2D eigenvalue weighted by molar-refractivity contribution is -0.116. The molecule has 1 atom stereocenters. The SMILES string of the molecule is CCCC(=O)Nc1ccc(C(=O)C(C)OC(=O)c2ccccc2SC(F)F)cc1. The molecule has 0 aliphatic carbocycles. The molecule has 5 nitrogen and oxygen atoms in total. The smallest absolute Gasteiger partial charge is 0.339 e. The predicted molar refractivity (Wildman–Crippen MR) is 107 cm³/mol. The Bertz CT molecular complexity index is 871. The Hall–Kier alpha value is -2.74. The average molecular weight is 421 g/mol. The predicted octanol–water partition coefficient (Wildman–Crippen LogP) is 5.17. The van der Waals surface area contributed by atoms with E-state index in [1.54, 1.807) is 12.1 Å². The molecule has 154 valence electrons. The van der Waals surface area contributed by atoms with Crippen molar-refractivity contribution in [1.82, 2.24) is 0 Å². The van der Waals surface area contributed by atoms with Crippen LogP contribution in [-0.2, 0) is 9.53 Å². The number of thioether (sulfide) groups is 1. The van der Waals surface area contributed by atoms with E-state index in [-0.39, 0.29) is 28.1 Å². The van der Waals surface area contributed by atoms with Crippen LogP contribution in [0.4, 0.5) is 14.5 Å². The van der Waals surface area contributed by atoms with Gasteiger partial charge in [-0.1, -0.05) is 30.8 Å². The van der Waals surface area contributed by atoms with Crippen LogP contribution in [-0.4, -0.2) is 29.5 Å². The number of esters is 1. The van der Waals surface area contributed by atoms with Crippen molar-refractivity contribution in [3.63, 3.8) is 0 Å². The largest absolute Gasteiger partial charge is 0.451 e. The van der Waals surface area contributed by atoms with Crippen LogP contribution in [0, 0.1) is 0 Å². The summed E-state index contributed by atoms with van der Waals surface area (Å²) in [5, 5.41) is 2.71. The summed E-state index contributed by atoms with van der Waals surface area (Å²) in [6.07, 6.45) is 0.0242. The van der Waals surface area contributed by atoms with Crippen molar-refractivity contribution in [3.05, 3.63) is 59.7 Å². The van der Waals surface area contributed by atoms with Gasteiger partial charge in [-0.05, 0) is 49.7 Å². The van der Waals surface area contributed by atoms with Crippen LogP contribution < -0.4 is 5.32 Å². The van der Waals surface area contributed by atoms with Crippen molar-refractivity contribution in [3.8, 4) is 0 Å². The fourth-order valence-corrected chi connectivity index (χ4v) is 3.14. The summed E-state index contributed by atoms with van der Waals surface area (Å²) >= 11 is 0.241. The second kappa shape index (κ2) is 10.7. The number of alkyl halides is 2. The highest BCUT2D eigenvalue weighted by Crippen LogP contribution is 2.29. The van der Waals surface area contributed by atoms with Gasteiger partial charge in [-0.2, -0.15) is 8.78 Å². The van der Waals surface area contributed by atoms with Crippen LogP contribution in [0.15, 0.2) is 53.4 Å². The van der Waals surface area contributed by atoms with Gasteiger partial charge in [0.05, 0.1) is 5.56 Å². The number of benzene rings is 2. The number of Topliss-reactive ketones (excluding diaryl/α,β-unsaturated/α-hetero) is 1. The first kappa shape index (κ1) is 22.5.